The summed E-state index contributed by atoms with van der Waals surface area (Å²) >= 11 is 0. The van der Waals surface area contributed by atoms with E-state index >= 15 is 0 Å². The van der Waals surface area contributed by atoms with Gasteiger partial charge in [-0.1, -0.05) is 24.3 Å². The van der Waals surface area contributed by atoms with Gasteiger partial charge in [-0.3, -0.25) is 4.79 Å². The molecule has 0 unspecified atom stereocenters. The van der Waals surface area contributed by atoms with Gasteiger partial charge in [0.15, 0.2) is 0 Å². The molecule has 180 valence electrons. The van der Waals surface area contributed by atoms with Crippen LogP contribution in [0.15, 0.2) is 53.4 Å². The first-order valence-corrected chi connectivity index (χ1v) is 11.3. The van der Waals surface area contributed by atoms with Gasteiger partial charge in [-0.2, -0.15) is 30.6 Å². The van der Waals surface area contributed by atoms with Gasteiger partial charge in [-0.25, -0.2) is 8.42 Å². The molecule has 5 nitrogen and oxygen atoms in total. The van der Waals surface area contributed by atoms with Crippen LogP contribution < -0.4 is 5.32 Å². The van der Waals surface area contributed by atoms with E-state index in [1.54, 1.807) is 0 Å². The average Bonchev–Trinajstić information content (AvgIpc) is 2.76. The van der Waals surface area contributed by atoms with Crippen molar-refractivity contribution in [2.24, 2.45) is 5.92 Å². The SMILES string of the molecule is O=C(NCc1cccc(C(F)(F)F)c1)C1CCN(S(=O)(=O)c2ccccc2C(F)(F)F)CC1. The number of hydrogen-bond acceptors (Lipinski definition) is 3. The van der Waals surface area contributed by atoms with Gasteiger partial charge in [-0.15, -0.1) is 0 Å². The molecule has 0 saturated carbocycles. The Morgan fingerprint density at radius 2 is 1.58 bits per heavy atom. The standard InChI is InChI=1S/C21H20F6N2O3S/c22-20(23,24)16-5-3-4-14(12-16)13-28-19(30)15-8-10-29(11-9-15)33(31,32)18-7-2-1-6-17(18)21(25,26)27/h1-7,12,15H,8-11,13H2,(H,28,30). The molecule has 0 atom stereocenters. The summed E-state index contributed by atoms with van der Waals surface area (Å²) in [5, 5.41) is 2.54. The maximum absolute atomic E-state index is 13.2. The topological polar surface area (TPSA) is 66.5 Å². The summed E-state index contributed by atoms with van der Waals surface area (Å²) in [5.41, 5.74) is -1.85. The molecule has 0 aliphatic carbocycles. The first kappa shape index (κ1) is 25.0. The summed E-state index contributed by atoms with van der Waals surface area (Å²) in [4.78, 5) is 11.6. The van der Waals surface area contributed by atoms with E-state index in [1.807, 2.05) is 0 Å². The van der Waals surface area contributed by atoms with Crippen molar-refractivity contribution in [1.29, 1.82) is 0 Å². The molecule has 12 heteroatoms. The molecule has 1 amide bonds. The summed E-state index contributed by atoms with van der Waals surface area (Å²) in [6.07, 6.45) is -9.21. The van der Waals surface area contributed by atoms with Crippen LogP contribution >= 0.6 is 0 Å². The Labute approximate surface area is 186 Å². The summed E-state index contributed by atoms with van der Waals surface area (Å²) in [6.45, 7) is -0.452. The quantitative estimate of drug-likeness (QED) is 0.625. The predicted molar refractivity (Wildman–Crippen MR) is 106 cm³/mol. The highest BCUT2D eigenvalue weighted by molar-refractivity contribution is 7.89. The molecule has 3 rings (SSSR count). The summed E-state index contributed by atoms with van der Waals surface area (Å²) in [5.74, 6) is -1.07. The van der Waals surface area contributed by atoms with E-state index in [0.29, 0.717) is 6.07 Å². The van der Waals surface area contributed by atoms with Crippen molar-refractivity contribution in [3.05, 3.63) is 65.2 Å². The maximum atomic E-state index is 13.2. The number of sulfonamides is 1. The van der Waals surface area contributed by atoms with Crippen molar-refractivity contribution in [1.82, 2.24) is 9.62 Å². The van der Waals surface area contributed by atoms with Gasteiger partial charge in [0.1, 0.15) is 0 Å². The lowest BCUT2D eigenvalue weighted by atomic mass is 9.97. The minimum atomic E-state index is -4.84. The maximum Gasteiger partial charge on any atom is 0.417 e. The van der Waals surface area contributed by atoms with Gasteiger partial charge in [0.25, 0.3) is 0 Å². The summed E-state index contributed by atoms with van der Waals surface area (Å²) in [6, 6.07) is 8.40. The second-order valence-electron chi connectivity index (χ2n) is 7.59. The van der Waals surface area contributed by atoms with E-state index in [-0.39, 0.29) is 38.0 Å². The highest BCUT2D eigenvalue weighted by Crippen LogP contribution is 2.36. The van der Waals surface area contributed by atoms with E-state index in [0.717, 1.165) is 28.6 Å². The molecule has 0 spiro atoms. The Morgan fingerprint density at radius 1 is 0.939 bits per heavy atom. The number of piperidine rings is 1. The first-order chi connectivity index (χ1) is 15.3. The molecular weight excluding hydrogens is 474 g/mol. The number of nitrogens with zero attached hydrogens (tertiary/aromatic N) is 1. The molecule has 1 N–H and O–H groups in total. The molecule has 1 aliphatic heterocycles. The fourth-order valence-corrected chi connectivity index (χ4v) is 5.30. The lowest BCUT2D eigenvalue weighted by Gasteiger charge is -2.31. The van der Waals surface area contributed by atoms with Gasteiger partial charge in [-0.05, 0) is 42.7 Å². The molecule has 33 heavy (non-hydrogen) atoms. The number of amides is 1. The van der Waals surface area contributed by atoms with Crippen LogP contribution in [-0.4, -0.2) is 31.7 Å². The highest BCUT2D eigenvalue weighted by Gasteiger charge is 2.40. The van der Waals surface area contributed by atoms with Crippen molar-refractivity contribution in [2.75, 3.05) is 13.1 Å². The minimum absolute atomic E-state index is 0.0713. The lowest BCUT2D eigenvalue weighted by molar-refractivity contribution is -0.140. The summed E-state index contributed by atoms with van der Waals surface area (Å²) < 4.78 is 105. The monoisotopic (exact) mass is 494 g/mol. The molecule has 0 aromatic heterocycles. The molecule has 0 bridgehead atoms. The Balaban J connectivity index is 1.62. The van der Waals surface area contributed by atoms with Gasteiger partial charge >= 0.3 is 12.4 Å². The molecular formula is C21H20F6N2O3S. The largest absolute Gasteiger partial charge is 0.417 e. The van der Waals surface area contributed by atoms with Crippen LogP contribution in [0.2, 0.25) is 0 Å². The molecule has 1 heterocycles. The second-order valence-corrected chi connectivity index (χ2v) is 9.49. The van der Waals surface area contributed by atoms with Crippen molar-refractivity contribution in [3.8, 4) is 0 Å². The smallest absolute Gasteiger partial charge is 0.352 e. The molecule has 2 aromatic rings. The van der Waals surface area contributed by atoms with Crippen LogP contribution in [0.25, 0.3) is 0 Å². The molecule has 1 saturated heterocycles. The van der Waals surface area contributed by atoms with Crippen molar-refractivity contribution >= 4 is 15.9 Å². The number of benzene rings is 2. The van der Waals surface area contributed by atoms with Crippen LogP contribution in [-0.2, 0) is 33.7 Å². The van der Waals surface area contributed by atoms with E-state index < -0.39 is 50.2 Å². The van der Waals surface area contributed by atoms with Gasteiger partial charge in [0.2, 0.25) is 15.9 Å². The number of alkyl halides is 6. The van der Waals surface area contributed by atoms with E-state index in [2.05, 4.69) is 5.32 Å². The summed E-state index contributed by atoms with van der Waals surface area (Å²) in [7, 11) is -4.42. The Hall–Kier alpha value is -2.60. The van der Waals surface area contributed by atoms with E-state index in [9.17, 15) is 39.6 Å². The van der Waals surface area contributed by atoms with Crippen LogP contribution in [0.5, 0.6) is 0 Å². The fourth-order valence-electron chi connectivity index (χ4n) is 3.61. The van der Waals surface area contributed by atoms with Crippen LogP contribution in [0.4, 0.5) is 26.3 Å². The first-order valence-electron chi connectivity index (χ1n) is 9.90. The zero-order chi connectivity index (χ0) is 24.4. The number of nitrogens with one attached hydrogen (secondary N) is 1. The zero-order valence-corrected chi connectivity index (χ0v) is 17.9. The second kappa shape index (κ2) is 9.34. The fraction of sp³-hybridized carbons (Fsp3) is 0.381. The third-order valence-corrected chi connectivity index (χ3v) is 7.31. The van der Waals surface area contributed by atoms with Gasteiger partial charge < -0.3 is 5.32 Å². The Bertz CT molecular complexity index is 1110. The third-order valence-electron chi connectivity index (χ3n) is 5.36. The Morgan fingerprint density at radius 3 is 2.18 bits per heavy atom. The van der Waals surface area contributed by atoms with Crippen molar-refractivity contribution in [2.45, 2.75) is 36.6 Å². The normalized spacial score (nSPS) is 16.5. The number of carbonyl (C=O) groups excluding carboxylic acids is 1. The van der Waals surface area contributed by atoms with Crippen LogP contribution in [0.1, 0.15) is 29.5 Å². The van der Waals surface area contributed by atoms with Crippen molar-refractivity contribution in [3.63, 3.8) is 0 Å². The third kappa shape index (κ3) is 5.85. The lowest BCUT2D eigenvalue weighted by Crippen LogP contribution is -2.43. The van der Waals surface area contributed by atoms with Gasteiger partial charge in [0.05, 0.1) is 16.0 Å². The average molecular weight is 494 g/mol. The number of rotatable bonds is 5. The number of carbonyl (C=O) groups is 1. The number of hydrogen-bond donors (Lipinski definition) is 1. The van der Waals surface area contributed by atoms with Crippen molar-refractivity contribution < 1.29 is 39.6 Å². The van der Waals surface area contributed by atoms with Crippen LogP contribution in [0.3, 0.4) is 0 Å². The van der Waals surface area contributed by atoms with Crippen LogP contribution in [0, 0.1) is 5.92 Å². The van der Waals surface area contributed by atoms with E-state index in [1.165, 1.54) is 18.2 Å². The van der Waals surface area contributed by atoms with E-state index in [4.69, 9.17) is 0 Å². The minimum Gasteiger partial charge on any atom is -0.352 e. The molecule has 0 radical (unpaired) electrons. The highest BCUT2D eigenvalue weighted by atomic mass is 32.2. The zero-order valence-electron chi connectivity index (χ0n) is 17.1. The Kier molecular flexibility index (Phi) is 7.08. The molecule has 1 fully saturated rings. The molecule has 2 aromatic carbocycles. The van der Waals surface area contributed by atoms with Gasteiger partial charge in [0, 0.05) is 25.6 Å². The predicted octanol–water partition coefficient (Wildman–Crippen LogP) is 4.44. The molecule has 1 aliphatic rings. The number of halogens is 6.